The number of esters is 1. The molecule has 0 saturated carbocycles. The first-order valence-corrected chi connectivity index (χ1v) is 12.0. The fourth-order valence-electron chi connectivity index (χ4n) is 4.01. The molecule has 3 amide bonds. The molecular formula is C26H21F6N5O5. The van der Waals surface area contributed by atoms with Crippen molar-refractivity contribution in [1.29, 1.82) is 0 Å². The van der Waals surface area contributed by atoms with E-state index in [2.05, 4.69) is 14.7 Å². The van der Waals surface area contributed by atoms with Crippen LogP contribution in [0.1, 0.15) is 36.5 Å². The molecule has 10 nitrogen and oxygen atoms in total. The number of nitrogens with zero attached hydrogens (tertiary/aromatic N) is 4. The third kappa shape index (κ3) is 5.91. The molecule has 2 N–H and O–H groups in total. The molecule has 16 heteroatoms. The number of ether oxygens (including phenoxy) is 2. The summed E-state index contributed by atoms with van der Waals surface area (Å²) in [5.41, 5.74) is 4.41. The van der Waals surface area contributed by atoms with Crippen molar-refractivity contribution >= 4 is 35.2 Å². The van der Waals surface area contributed by atoms with E-state index in [0.29, 0.717) is 22.6 Å². The maximum absolute atomic E-state index is 13.4. The Morgan fingerprint density at radius 1 is 1.05 bits per heavy atom. The largest absolute Gasteiger partial charge is 0.491 e. The number of hydrogen-bond donors (Lipinski definition) is 1. The van der Waals surface area contributed by atoms with Crippen LogP contribution in [0.5, 0.6) is 11.6 Å². The standard InChI is InChI=1S/C26H21F6N5O5/c1-12(2)17-11-34-23(33)35-19(17)41-16-7-8-18(13(3)9-16)37-20(38)21(42-22(39)26(30,31)32)36(24(37)40)15-6-4-5-14(10-15)25(27,28)29/h4-12,21H,1-3H3,(H2,33,34,35). The summed E-state index contributed by atoms with van der Waals surface area (Å²) in [6, 6.07) is 5.47. The van der Waals surface area contributed by atoms with Crippen LogP contribution in [0, 0.1) is 6.92 Å². The van der Waals surface area contributed by atoms with Crippen molar-refractivity contribution in [2.75, 3.05) is 15.5 Å². The molecule has 2 aromatic carbocycles. The van der Waals surface area contributed by atoms with Crippen molar-refractivity contribution in [1.82, 2.24) is 9.97 Å². The minimum Gasteiger partial charge on any atom is -0.439 e. The molecule has 1 aliphatic rings. The maximum Gasteiger partial charge on any atom is 0.491 e. The maximum atomic E-state index is 13.4. The van der Waals surface area contributed by atoms with Gasteiger partial charge in [-0.15, -0.1) is 0 Å². The van der Waals surface area contributed by atoms with Crippen LogP contribution in [0.25, 0.3) is 0 Å². The molecule has 1 unspecified atom stereocenters. The number of benzene rings is 2. The predicted molar refractivity (Wildman–Crippen MR) is 135 cm³/mol. The lowest BCUT2D eigenvalue weighted by atomic mass is 10.1. The number of amides is 3. The molecule has 0 radical (unpaired) electrons. The number of aryl methyl sites for hydroxylation is 1. The fourth-order valence-corrected chi connectivity index (χ4v) is 4.01. The van der Waals surface area contributed by atoms with Crippen LogP contribution in [0.3, 0.4) is 0 Å². The van der Waals surface area contributed by atoms with Gasteiger partial charge in [-0.25, -0.2) is 24.4 Å². The highest BCUT2D eigenvalue weighted by atomic mass is 19.4. The average Bonchev–Trinajstić information content (AvgIpc) is 3.12. The highest BCUT2D eigenvalue weighted by Crippen LogP contribution is 2.38. The summed E-state index contributed by atoms with van der Waals surface area (Å²) in [4.78, 5) is 46.9. The number of imide groups is 1. The highest BCUT2D eigenvalue weighted by Gasteiger charge is 2.53. The van der Waals surface area contributed by atoms with Crippen molar-refractivity contribution in [2.24, 2.45) is 0 Å². The van der Waals surface area contributed by atoms with E-state index in [-0.39, 0.29) is 39.6 Å². The molecule has 1 aromatic heterocycles. The molecule has 1 atom stereocenters. The van der Waals surface area contributed by atoms with Gasteiger partial charge >= 0.3 is 24.4 Å². The number of hydrogen-bond acceptors (Lipinski definition) is 8. The smallest absolute Gasteiger partial charge is 0.439 e. The Labute approximate surface area is 233 Å². The molecule has 0 bridgehead atoms. The molecule has 0 spiro atoms. The van der Waals surface area contributed by atoms with Gasteiger partial charge in [-0.05, 0) is 54.8 Å². The van der Waals surface area contributed by atoms with Gasteiger partial charge in [-0.3, -0.25) is 4.79 Å². The second-order valence-electron chi connectivity index (χ2n) is 9.32. The number of carbonyl (C=O) groups is 3. The number of urea groups is 1. The third-order valence-corrected chi connectivity index (χ3v) is 6.01. The first-order chi connectivity index (χ1) is 19.5. The zero-order valence-corrected chi connectivity index (χ0v) is 21.9. The molecule has 42 heavy (non-hydrogen) atoms. The molecule has 0 aliphatic carbocycles. The Morgan fingerprint density at radius 3 is 2.33 bits per heavy atom. The molecule has 4 rings (SSSR count). The van der Waals surface area contributed by atoms with E-state index in [1.165, 1.54) is 31.3 Å². The average molecular weight is 597 g/mol. The molecule has 3 aromatic rings. The molecule has 1 aliphatic heterocycles. The van der Waals surface area contributed by atoms with Crippen molar-refractivity contribution < 1.29 is 50.2 Å². The number of carbonyl (C=O) groups excluding carboxylic acids is 3. The zero-order chi connectivity index (χ0) is 31.1. The number of anilines is 3. The van der Waals surface area contributed by atoms with Gasteiger partial charge in [0.2, 0.25) is 11.8 Å². The summed E-state index contributed by atoms with van der Waals surface area (Å²) in [7, 11) is 0. The minimum absolute atomic E-state index is 0.0565. The van der Waals surface area contributed by atoms with Gasteiger partial charge in [-0.2, -0.15) is 31.3 Å². The number of alkyl halides is 6. The zero-order valence-electron chi connectivity index (χ0n) is 21.9. The van der Waals surface area contributed by atoms with Crippen LogP contribution in [0.4, 0.5) is 48.5 Å². The van der Waals surface area contributed by atoms with Gasteiger partial charge in [-0.1, -0.05) is 19.9 Å². The van der Waals surface area contributed by atoms with Gasteiger partial charge in [0, 0.05) is 11.8 Å². The summed E-state index contributed by atoms with van der Waals surface area (Å²) in [6.45, 7) is 5.15. The summed E-state index contributed by atoms with van der Waals surface area (Å²) >= 11 is 0. The molecule has 1 saturated heterocycles. The Bertz CT molecular complexity index is 1560. The summed E-state index contributed by atoms with van der Waals surface area (Å²) < 4.78 is 89.1. The Balaban J connectivity index is 1.73. The van der Waals surface area contributed by atoms with Crippen molar-refractivity contribution in [3.05, 3.63) is 65.4 Å². The SMILES string of the molecule is Cc1cc(Oc2nc(N)ncc2C(C)C)ccc1N1C(=O)C(OC(=O)C(F)(F)F)N(c2cccc(C(F)(F)F)c2)C1=O. The van der Waals surface area contributed by atoms with Crippen LogP contribution in [-0.4, -0.2) is 40.3 Å². The van der Waals surface area contributed by atoms with Crippen molar-refractivity contribution in [3.63, 3.8) is 0 Å². The van der Waals surface area contributed by atoms with Crippen molar-refractivity contribution in [3.8, 4) is 11.6 Å². The lowest BCUT2D eigenvalue weighted by molar-refractivity contribution is -0.204. The normalized spacial score (nSPS) is 15.9. The number of rotatable bonds is 6. The van der Waals surface area contributed by atoms with Crippen LogP contribution in [-0.2, 0) is 20.5 Å². The van der Waals surface area contributed by atoms with Gasteiger partial charge in [0.15, 0.2) is 0 Å². The van der Waals surface area contributed by atoms with E-state index in [0.717, 1.165) is 12.1 Å². The van der Waals surface area contributed by atoms with Crippen LogP contribution in [0.2, 0.25) is 0 Å². The minimum atomic E-state index is -5.57. The lowest BCUT2D eigenvalue weighted by Gasteiger charge is -2.23. The molecule has 2 heterocycles. The van der Waals surface area contributed by atoms with Gasteiger partial charge < -0.3 is 15.2 Å². The number of nitrogens with two attached hydrogens (primary N) is 1. The van der Waals surface area contributed by atoms with E-state index in [4.69, 9.17) is 10.5 Å². The van der Waals surface area contributed by atoms with Crippen molar-refractivity contribution in [2.45, 2.75) is 45.3 Å². The summed E-state index contributed by atoms with van der Waals surface area (Å²) in [6.07, 6.45) is -11.5. The Morgan fingerprint density at radius 2 is 1.74 bits per heavy atom. The number of aromatic nitrogens is 2. The van der Waals surface area contributed by atoms with E-state index >= 15 is 0 Å². The Hall–Kier alpha value is -4.89. The molecule has 222 valence electrons. The molecule has 1 fully saturated rings. The topological polar surface area (TPSA) is 128 Å². The van der Waals surface area contributed by atoms with Crippen LogP contribution < -0.4 is 20.3 Å². The van der Waals surface area contributed by atoms with E-state index < -0.39 is 47.7 Å². The Kier molecular flexibility index (Phi) is 7.76. The van der Waals surface area contributed by atoms with Crippen LogP contribution in [0.15, 0.2) is 48.7 Å². The van der Waals surface area contributed by atoms with Gasteiger partial charge in [0.05, 0.1) is 16.9 Å². The quantitative estimate of drug-likeness (QED) is 0.218. The van der Waals surface area contributed by atoms with Crippen LogP contribution >= 0.6 is 0 Å². The van der Waals surface area contributed by atoms with E-state index in [1.807, 2.05) is 13.8 Å². The van der Waals surface area contributed by atoms with E-state index in [1.54, 1.807) is 0 Å². The first kappa shape index (κ1) is 30.1. The van der Waals surface area contributed by atoms with Gasteiger partial charge in [0.25, 0.3) is 12.1 Å². The second-order valence-corrected chi connectivity index (χ2v) is 9.32. The monoisotopic (exact) mass is 597 g/mol. The summed E-state index contributed by atoms with van der Waals surface area (Å²) in [5.74, 6) is -4.09. The number of nitrogen functional groups attached to an aromatic ring is 1. The summed E-state index contributed by atoms with van der Waals surface area (Å²) in [5, 5.41) is 0. The molecular weight excluding hydrogens is 576 g/mol. The second kappa shape index (κ2) is 10.8. The lowest BCUT2D eigenvalue weighted by Crippen LogP contribution is -2.42. The van der Waals surface area contributed by atoms with E-state index in [9.17, 15) is 40.7 Å². The third-order valence-electron chi connectivity index (χ3n) is 6.01. The first-order valence-electron chi connectivity index (χ1n) is 12.0. The predicted octanol–water partition coefficient (Wildman–Crippen LogP) is 5.71. The number of halogens is 6. The fraction of sp³-hybridized carbons (Fsp3) is 0.269. The van der Waals surface area contributed by atoms with Gasteiger partial charge in [0.1, 0.15) is 5.75 Å². The highest BCUT2D eigenvalue weighted by molar-refractivity contribution is 6.28.